The Morgan fingerprint density at radius 3 is 2.29 bits per heavy atom. The van der Waals surface area contributed by atoms with E-state index in [0.29, 0.717) is 19.4 Å². The largest absolute Gasteiger partial charge is 0.368 e. The van der Waals surface area contributed by atoms with Gasteiger partial charge in [0.2, 0.25) is 11.8 Å². The predicted molar refractivity (Wildman–Crippen MR) is 138 cm³/mol. The van der Waals surface area contributed by atoms with Crippen LogP contribution in [0.15, 0.2) is 54.6 Å². The normalized spacial score (nSPS) is 18.9. The fourth-order valence-corrected chi connectivity index (χ4v) is 5.29. The lowest BCUT2D eigenvalue weighted by Crippen LogP contribution is -2.46. The number of carbonyl (C=O) groups excluding carboxylic acids is 2. The minimum absolute atomic E-state index is 0.0909. The summed E-state index contributed by atoms with van der Waals surface area (Å²) < 4.78 is 0. The number of nitrogens with two attached hydrogens (primary N) is 1. The quantitative estimate of drug-likeness (QED) is 0.544. The molecule has 2 saturated heterocycles. The van der Waals surface area contributed by atoms with Gasteiger partial charge in [0.05, 0.1) is 0 Å². The Bertz CT molecular complexity index is 940. The second-order valence-electron chi connectivity index (χ2n) is 9.52. The van der Waals surface area contributed by atoms with Crippen LogP contribution in [0.4, 0.5) is 5.69 Å². The van der Waals surface area contributed by atoms with Gasteiger partial charge in [-0.3, -0.25) is 14.5 Å². The molecule has 0 radical (unpaired) electrons. The zero-order chi connectivity index (χ0) is 23.8. The smallest absolute Gasteiger partial charge is 0.240 e. The fourth-order valence-electron chi connectivity index (χ4n) is 5.29. The molecule has 0 aromatic heterocycles. The number of hydrogen-bond donors (Lipinski definition) is 1. The van der Waals surface area contributed by atoms with Crippen molar-refractivity contribution in [2.75, 3.05) is 44.2 Å². The molecule has 0 unspecified atom stereocenters. The molecule has 0 saturated carbocycles. The van der Waals surface area contributed by atoms with E-state index < -0.39 is 0 Å². The highest BCUT2D eigenvalue weighted by Gasteiger charge is 2.32. The van der Waals surface area contributed by atoms with Crippen LogP contribution in [0.2, 0.25) is 0 Å². The van der Waals surface area contributed by atoms with Gasteiger partial charge >= 0.3 is 0 Å². The monoisotopic (exact) mass is 462 g/mol. The zero-order valence-corrected chi connectivity index (χ0v) is 20.2. The first-order valence-corrected chi connectivity index (χ1v) is 12.8. The highest BCUT2D eigenvalue weighted by atomic mass is 16.2. The standard InChI is InChI=1S/C28H38N4O2/c29-28(34)26-15-10-18-32(26)27(33)16-6-1-2-9-17-30-19-21-31(22-20-30)25-14-8-7-13-24(25)23-11-4-3-5-12-23/h3-5,7-8,11-14,26H,1-2,6,9-10,15-22H2,(H2,29,34)/t26-/m0/s1. The molecule has 0 bridgehead atoms. The van der Waals surface area contributed by atoms with Crippen LogP contribution in [0, 0.1) is 0 Å². The summed E-state index contributed by atoms with van der Waals surface area (Å²) in [4.78, 5) is 30.7. The zero-order valence-electron chi connectivity index (χ0n) is 20.2. The number of amides is 2. The Balaban J connectivity index is 1.14. The first-order chi connectivity index (χ1) is 16.6. The third kappa shape index (κ3) is 6.17. The number of unbranched alkanes of at least 4 members (excludes halogenated alkanes) is 3. The molecule has 2 heterocycles. The molecule has 34 heavy (non-hydrogen) atoms. The van der Waals surface area contributed by atoms with Crippen LogP contribution in [0.1, 0.15) is 44.9 Å². The number of hydrogen-bond acceptors (Lipinski definition) is 4. The highest BCUT2D eigenvalue weighted by Crippen LogP contribution is 2.31. The van der Waals surface area contributed by atoms with Crippen molar-refractivity contribution in [3.8, 4) is 11.1 Å². The lowest BCUT2D eigenvalue weighted by molar-refractivity contribution is -0.137. The van der Waals surface area contributed by atoms with Gasteiger partial charge in [-0.2, -0.15) is 0 Å². The molecule has 6 heteroatoms. The second kappa shape index (κ2) is 12.0. The minimum atomic E-state index is -0.383. The number of rotatable bonds is 10. The summed E-state index contributed by atoms with van der Waals surface area (Å²) >= 11 is 0. The number of nitrogens with zero attached hydrogens (tertiary/aromatic N) is 3. The third-order valence-corrected chi connectivity index (χ3v) is 7.22. The molecular formula is C28H38N4O2. The van der Waals surface area contributed by atoms with Crippen LogP contribution in [0.25, 0.3) is 11.1 Å². The number of anilines is 1. The van der Waals surface area contributed by atoms with E-state index in [9.17, 15) is 9.59 Å². The highest BCUT2D eigenvalue weighted by molar-refractivity contribution is 5.87. The summed E-state index contributed by atoms with van der Waals surface area (Å²) in [6.07, 6.45) is 6.39. The van der Waals surface area contributed by atoms with Crippen LogP contribution in [-0.4, -0.2) is 66.9 Å². The fraction of sp³-hybridized carbons (Fsp3) is 0.500. The molecule has 6 nitrogen and oxygen atoms in total. The SMILES string of the molecule is NC(=O)[C@@H]1CCCN1C(=O)CCCCCCN1CCN(c2ccccc2-c2ccccc2)CC1. The van der Waals surface area contributed by atoms with E-state index in [1.165, 1.54) is 23.2 Å². The number of benzene rings is 2. The summed E-state index contributed by atoms with van der Waals surface area (Å²) in [5.41, 5.74) is 9.33. The number of para-hydroxylation sites is 1. The molecule has 2 aliphatic rings. The number of piperazine rings is 1. The van der Waals surface area contributed by atoms with Gasteiger partial charge in [-0.1, -0.05) is 61.4 Å². The maximum atomic E-state index is 12.4. The Hall–Kier alpha value is -2.86. The molecule has 4 rings (SSSR count). The van der Waals surface area contributed by atoms with Gasteiger partial charge < -0.3 is 15.5 Å². The van der Waals surface area contributed by atoms with E-state index in [2.05, 4.69) is 64.4 Å². The van der Waals surface area contributed by atoms with Crippen LogP contribution < -0.4 is 10.6 Å². The summed E-state index contributed by atoms with van der Waals surface area (Å²) in [6, 6.07) is 19.0. The first-order valence-electron chi connectivity index (χ1n) is 12.8. The lowest BCUT2D eigenvalue weighted by Gasteiger charge is -2.37. The minimum Gasteiger partial charge on any atom is -0.368 e. The van der Waals surface area contributed by atoms with Crippen molar-refractivity contribution in [1.82, 2.24) is 9.80 Å². The summed E-state index contributed by atoms with van der Waals surface area (Å²) in [5.74, 6) is -0.275. The van der Waals surface area contributed by atoms with Gasteiger partial charge in [-0.15, -0.1) is 0 Å². The maximum Gasteiger partial charge on any atom is 0.240 e. The summed E-state index contributed by atoms with van der Waals surface area (Å²) in [5, 5.41) is 0. The molecule has 2 fully saturated rings. The van der Waals surface area contributed by atoms with E-state index in [4.69, 9.17) is 5.73 Å². The van der Waals surface area contributed by atoms with Gasteiger partial charge in [-0.05, 0) is 43.9 Å². The molecule has 2 N–H and O–H groups in total. The van der Waals surface area contributed by atoms with Crippen LogP contribution in [0.3, 0.4) is 0 Å². The molecule has 2 amide bonds. The van der Waals surface area contributed by atoms with E-state index in [0.717, 1.165) is 58.4 Å². The van der Waals surface area contributed by atoms with Crippen LogP contribution in [-0.2, 0) is 9.59 Å². The van der Waals surface area contributed by atoms with Crippen molar-refractivity contribution in [2.24, 2.45) is 5.73 Å². The van der Waals surface area contributed by atoms with Crippen molar-refractivity contribution in [2.45, 2.75) is 51.0 Å². The Kier molecular flexibility index (Phi) is 8.58. The molecule has 1 atom stereocenters. The van der Waals surface area contributed by atoms with Crippen molar-refractivity contribution < 1.29 is 9.59 Å². The van der Waals surface area contributed by atoms with Gasteiger partial charge in [0, 0.05) is 50.4 Å². The average molecular weight is 463 g/mol. The molecular weight excluding hydrogens is 424 g/mol. The Labute approximate surface area is 203 Å². The summed E-state index contributed by atoms with van der Waals surface area (Å²) in [7, 11) is 0. The average Bonchev–Trinajstić information content (AvgIpc) is 3.38. The van der Waals surface area contributed by atoms with Gasteiger partial charge in [0.25, 0.3) is 0 Å². The van der Waals surface area contributed by atoms with Gasteiger partial charge in [0.1, 0.15) is 6.04 Å². The third-order valence-electron chi connectivity index (χ3n) is 7.22. The molecule has 182 valence electrons. The molecule has 0 spiro atoms. The number of carbonyl (C=O) groups is 2. The number of primary amides is 1. The van der Waals surface area contributed by atoms with Crippen molar-refractivity contribution >= 4 is 17.5 Å². The molecule has 2 aromatic rings. The van der Waals surface area contributed by atoms with Crippen molar-refractivity contribution in [3.05, 3.63) is 54.6 Å². The predicted octanol–water partition coefficient (Wildman–Crippen LogP) is 3.90. The van der Waals surface area contributed by atoms with Crippen molar-refractivity contribution in [1.29, 1.82) is 0 Å². The maximum absolute atomic E-state index is 12.4. The summed E-state index contributed by atoms with van der Waals surface area (Å²) in [6.45, 7) is 6.08. The first kappa shape index (κ1) is 24.3. The van der Waals surface area contributed by atoms with E-state index in [1.54, 1.807) is 4.90 Å². The Morgan fingerprint density at radius 2 is 1.53 bits per heavy atom. The van der Waals surface area contributed by atoms with E-state index >= 15 is 0 Å². The molecule has 0 aliphatic carbocycles. The Morgan fingerprint density at radius 1 is 0.824 bits per heavy atom. The second-order valence-corrected chi connectivity index (χ2v) is 9.52. The molecule has 2 aromatic carbocycles. The van der Waals surface area contributed by atoms with Crippen LogP contribution in [0.5, 0.6) is 0 Å². The van der Waals surface area contributed by atoms with E-state index in [-0.39, 0.29) is 17.9 Å². The van der Waals surface area contributed by atoms with E-state index in [1.807, 2.05) is 0 Å². The van der Waals surface area contributed by atoms with Crippen molar-refractivity contribution in [3.63, 3.8) is 0 Å². The lowest BCUT2D eigenvalue weighted by atomic mass is 10.0. The van der Waals surface area contributed by atoms with Gasteiger partial charge in [-0.25, -0.2) is 0 Å². The van der Waals surface area contributed by atoms with Crippen LogP contribution >= 0.6 is 0 Å². The number of likely N-dealkylation sites (tertiary alicyclic amines) is 1. The molecule has 2 aliphatic heterocycles. The van der Waals surface area contributed by atoms with Gasteiger partial charge in [0.15, 0.2) is 0 Å². The topological polar surface area (TPSA) is 69.9 Å².